The van der Waals surface area contributed by atoms with Gasteiger partial charge in [0, 0.05) is 43.1 Å². The number of para-hydroxylation sites is 1. The Hall–Kier alpha value is -1.69. The Kier molecular flexibility index (Phi) is 4.41. The first-order chi connectivity index (χ1) is 12.4. The van der Waals surface area contributed by atoms with Gasteiger partial charge < -0.3 is 11.1 Å². The van der Waals surface area contributed by atoms with Crippen molar-refractivity contribution in [2.24, 2.45) is 23.5 Å². The van der Waals surface area contributed by atoms with Crippen LogP contribution in [0.5, 0.6) is 0 Å². The van der Waals surface area contributed by atoms with Crippen LogP contribution in [0.4, 0.5) is 0 Å². The third-order valence-corrected chi connectivity index (χ3v) is 6.53. The number of rotatable bonds is 5. The molecule has 2 fully saturated rings. The zero-order chi connectivity index (χ0) is 18.5. The second kappa shape index (κ2) is 6.48. The summed E-state index contributed by atoms with van der Waals surface area (Å²) in [6, 6.07) is 9.48. The van der Waals surface area contributed by atoms with E-state index in [1.54, 1.807) is 6.20 Å². The van der Waals surface area contributed by atoms with E-state index in [0.29, 0.717) is 23.9 Å². The molecule has 4 atom stereocenters. The summed E-state index contributed by atoms with van der Waals surface area (Å²) in [6.07, 6.45) is 1.57. The van der Waals surface area contributed by atoms with Crippen LogP contribution in [0.2, 0.25) is 0 Å². The van der Waals surface area contributed by atoms with Crippen molar-refractivity contribution >= 4 is 28.4 Å². The first kappa shape index (κ1) is 17.7. The zero-order valence-electron chi connectivity index (χ0n) is 15.2. The average Bonchev–Trinajstić information content (AvgIpc) is 3.11. The number of piperidine rings is 1. The second-order valence-electron chi connectivity index (χ2n) is 7.92. The van der Waals surface area contributed by atoms with Crippen molar-refractivity contribution in [2.45, 2.75) is 24.9 Å². The van der Waals surface area contributed by atoms with E-state index in [4.69, 9.17) is 17.3 Å². The van der Waals surface area contributed by atoms with Gasteiger partial charge in [0.1, 0.15) is 0 Å². The first-order valence-corrected chi connectivity index (χ1v) is 9.61. The lowest BCUT2D eigenvalue weighted by molar-refractivity contribution is 0.0949. The van der Waals surface area contributed by atoms with Crippen LogP contribution in [-0.2, 0) is 0 Å². The summed E-state index contributed by atoms with van der Waals surface area (Å²) in [5.41, 5.74) is 7.73. The minimum Gasteiger partial charge on any atom is -0.352 e. The summed E-state index contributed by atoms with van der Waals surface area (Å²) < 4.78 is 0. The molecule has 4 unspecified atom stereocenters. The third kappa shape index (κ3) is 2.79. The monoisotopic (exact) mass is 372 g/mol. The number of carbonyl (C=O) groups is 1. The van der Waals surface area contributed by atoms with Gasteiger partial charge in [0.25, 0.3) is 5.91 Å². The van der Waals surface area contributed by atoms with Crippen molar-refractivity contribution < 1.29 is 4.79 Å². The zero-order valence-corrected chi connectivity index (χ0v) is 15.9. The maximum atomic E-state index is 12.7. The summed E-state index contributed by atoms with van der Waals surface area (Å²) >= 11 is 6.83. The molecule has 1 aromatic carbocycles. The van der Waals surface area contributed by atoms with Crippen molar-refractivity contribution in [3.8, 4) is 0 Å². The van der Waals surface area contributed by atoms with Crippen LogP contribution in [-0.4, -0.2) is 46.5 Å². The van der Waals surface area contributed by atoms with E-state index < -0.39 is 4.87 Å². The number of aromatic nitrogens is 1. The third-order valence-electron chi connectivity index (χ3n) is 5.75. The standard InChI is InChI=1S/C20H25ClN4O/c1-12(2)10-25-11-16-15(20(16,21)19(25)22)9-24-18(26)14-7-3-5-13-6-4-8-23-17(13)14/h3-8,12,15-16,19H,9-11,22H2,1-2H3,(H,24,26). The minimum absolute atomic E-state index is 0.104. The number of carbonyl (C=O) groups excluding carboxylic acids is 1. The highest BCUT2D eigenvalue weighted by Gasteiger charge is 2.72. The molecule has 26 heavy (non-hydrogen) atoms. The highest BCUT2D eigenvalue weighted by molar-refractivity contribution is 6.27. The number of hydrogen-bond acceptors (Lipinski definition) is 4. The van der Waals surface area contributed by atoms with Gasteiger partial charge in [-0.05, 0) is 18.1 Å². The van der Waals surface area contributed by atoms with Gasteiger partial charge in [0.05, 0.1) is 22.1 Å². The van der Waals surface area contributed by atoms with E-state index in [1.807, 2.05) is 30.3 Å². The van der Waals surface area contributed by atoms with E-state index in [-0.39, 0.29) is 18.0 Å². The lowest BCUT2D eigenvalue weighted by atomic mass is 10.1. The summed E-state index contributed by atoms with van der Waals surface area (Å²) in [5, 5.41) is 4.01. The highest BCUT2D eigenvalue weighted by atomic mass is 35.5. The molecule has 5 nitrogen and oxygen atoms in total. The number of alkyl halides is 1. The molecule has 3 N–H and O–H groups in total. The average molecular weight is 373 g/mol. The molecule has 1 aromatic heterocycles. The highest BCUT2D eigenvalue weighted by Crippen LogP contribution is 2.62. The van der Waals surface area contributed by atoms with E-state index in [0.717, 1.165) is 24.0 Å². The van der Waals surface area contributed by atoms with Crippen molar-refractivity contribution in [1.82, 2.24) is 15.2 Å². The summed E-state index contributed by atoms with van der Waals surface area (Å²) in [7, 11) is 0. The summed E-state index contributed by atoms with van der Waals surface area (Å²) in [6.45, 7) is 6.81. The molecule has 1 aliphatic carbocycles. The van der Waals surface area contributed by atoms with Gasteiger partial charge >= 0.3 is 0 Å². The van der Waals surface area contributed by atoms with Crippen LogP contribution in [0, 0.1) is 17.8 Å². The molecule has 1 amide bonds. The van der Waals surface area contributed by atoms with E-state index in [2.05, 4.69) is 29.0 Å². The summed E-state index contributed by atoms with van der Waals surface area (Å²) in [4.78, 5) is 18.9. The van der Waals surface area contributed by atoms with Crippen molar-refractivity contribution in [2.75, 3.05) is 19.6 Å². The predicted molar refractivity (Wildman–Crippen MR) is 104 cm³/mol. The van der Waals surface area contributed by atoms with Crippen LogP contribution in [0.1, 0.15) is 24.2 Å². The number of nitrogens with two attached hydrogens (primary N) is 1. The molecule has 0 radical (unpaired) electrons. The van der Waals surface area contributed by atoms with Crippen LogP contribution in [0.25, 0.3) is 10.9 Å². The lowest BCUT2D eigenvalue weighted by Crippen LogP contribution is -2.48. The fraction of sp³-hybridized carbons (Fsp3) is 0.500. The maximum Gasteiger partial charge on any atom is 0.253 e. The Morgan fingerprint density at radius 3 is 2.88 bits per heavy atom. The molecule has 0 bridgehead atoms. The maximum absolute atomic E-state index is 12.7. The molecule has 1 saturated heterocycles. The van der Waals surface area contributed by atoms with Crippen LogP contribution >= 0.6 is 11.6 Å². The number of halogens is 1. The Bertz CT molecular complexity index is 836. The molecule has 2 heterocycles. The predicted octanol–water partition coefficient (Wildman–Crippen LogP) is 2.44. The number of pyridine rings is 1. The molecule has 138 valence electrons. The molecule has 1 saturated carbocycles. The minimum atomic E-state index is -0.404. The van der Waals surface area contributed by atoms with Crippen LogP contribution < -0.4 is 11.1 Å². The Morgan fingerprint density at radius 2 is 2.19 bits per heavy atom. The number of amides is 1. The molecule has 0 spiro atoms. The molecule has 6 heteroatoms. The molecule has 4 rings (SSSR count). The number of hydrogen-bond donors (Lipinski definition) is 2. The fourth-order valence-corrected chi connectivity index (χ4v) is 4.94. The smallest absolute Gasteiger partial charge is 0.253 e. The molecule has 2 aliphatic rings. The van der Waals surface area contributed by atoms with Crippen molar-refractivity contribution in [3.05, 3.63) is 42.1 Å². The van der Waals surface area contributed by atoms with Crippen LogP contribution in [0.3, 0.4) is 0 Å². The van der Waals surface area contributed by atoms with E-state index >= 15 is 0 Å². The van der Waals surface area contributed by atoms with E-state index in [1.165, 1.54) is 0 Å². The number of fused-ring (bicyclic) bond motifs is 2. The fourth-order valence-electron chi connectivity index (χ4n) is 4.42. The van der Waals surface area contributed by atoms with Gasteiger partial charge in [-0.1, -0.05) is 32.0 Å². The largest absolute Gasteiger partial charge is 0.352 e. The SMILES string of the molecule is CC(C)CN1CC2C(CNC(=O)c3cccc4cccnc34)C2(Cl)C1N. The molecule has 2 aromatic rings. The van der Waals surface area contributed by atoms with Gasteiger partial charge in [-0.3, -0.25) is 14.7 Å². The van der Waals surface area contributed by atoms with Crippen molar-refractivity contribution in [3.63, 3.8) is 0 Å². The van der Waals surface area contributed by atoms with Gasteiger partial charge in [-0.15, -0.1) is 11.6 Å². The van der Waals surface area contributed by atoms with Crippen molar-refractivity contribution in [1.29, 1.82) is 0 Å². The summed E-state index contributed by atoms with van der Waals surface area (Å²) in [5.74, 6) is 1.04. The van der Waals surface area contributed by atoms with Gasteiger partial charge in [0.2, 0.25) is 0 Å². The first-order valence-electron chi connectivity index (χ1n) is 9.23. The lowest BCUT2D eigenvalue weighted by Gasteiger charge is -2.29. The number of nitrogens with zero attached hydrogens (tertiary/aromatic N) is 2. The topological polar surface area (TPSA) is 71.2 Å². The Labute approximate surface area is 158 Å². The molecular weight excluding hydrogens is 348 g/mol. The normalized spacial score (nSPS) is 30.6. The molecular formula is C20H25ClN4O. The Morgan fingerprint density at radius 1 is 1.42 bits per heavy atom. The molecule has 1 aliphatic heterocycles. The van der Waals surface area contributed by atoms with Crippen LogP contribution in [0.15, 0.2) is 36.5 Å². The van der Waals surface area contributed by atoms with Gasteiger partial charge in [0.15, 0.2) is 0 Å². The van der Waals surface area contributed by atoms with Gasteiger partial charge in [-0.2, -0.15) is 0 Å². The second-order valence-corrected chi connectivity index (χ2v) is 8.58. The Balaban J connectivity index is 1.41. The number of benzene rings is 1. The van der Waals surface area contributed by atoms with E-state index in [9.17, 15) is 4.79 Å². The van der Waals surface area contributed by atoms with Gasteiger partial charge in [-0.25, -0.2) is 0 Å². The number of likely N-dealkylation sites (tertiary alicyclic amines) is 1. The quantitative estimate of drug-likeness (QED) is 0.791. The number of nitrogens with one attached hydrogen (secondary N) is 1.